The van der Waals surface area contributed by atoms with E-state index in [-0.39, 0.29) is 17.1 Å². The molecule has 0 spiro atoms. The first-order valence-electron chi connectivity index (χ1n) is 12.6. The van der Waals surface area contributed by atoms with Gasteiger partial charge in [-0.15, -0.1) is 0 Å². The van der Waals surface area contributed by atoms with Gasteiger partial charge in [0, 0.05) is 29.5 Å². The van der Waals surface area contributed by atoms with Crippen molar-refractivity contribution in [3.63, 3.8) is 0 Å². The van der Waals surface area contributed by atoms with Gasteiger partial charge in [0.1, 0.15) is 29.1 Å². The molecule has 2 atom stereocenters. The van der Waals surface area contributed by atoms with Gasteiger partial charge in [-0.1, -0.05) is 17.7 Å². The molecule has 1 fully saturated rings. The lowest BCUT2D eigenvalue weighted by Gasteiger charge is -2.29. The first kappa shape index (κ1) is 25.9. The summed E-state index contributed by atoms with van der Waals surface area (Å²) in [5, 5.41) is 4.10. The second-order valence-electron chi connectivity index (χ2n) is 9.17. The molecule has 3 heterocycles. The highest BCUT2D eigenvalue weighted by Crippen LogP contribution is 2.43. The normalized spacial score (nSPS) is 16.6. The van der Waals surface area contributed by atoms with Crippen LogP contribution in [0.4, 0.5) is 10.1 Å². The highest BCUT2D eigenvalue weighted by atomic mass is 35.5. The van der Waals surface area contributed by atoms with Crippen LogP contribution in [0.15, 0.2) is 109 Å². The van der Waals surface area contributed by atoms with Crippen LogP contribution in [0.25, 0.3) is 5.69 Å². The van der Waals surface area contributed by atoms with Crippen molar-refractivity contribution < 1.29 is 13.9 Å². The van der Waals surface area contributed by atoms with E-state index in [1.54, 1.807) is 25.4 Å². The Morgan fingerprint density at radius 3 is 2.25 bits per heavy atom. The highest BCUT2D eigenvalue weighted by Gasteiger charge is 2.42. The molecule has 1 N–H and O–H groups in total. The summed E-state index contributed by atoms with van der Waals surface area (Å²) in [5.41, 5.74) is 3.41. The number of rotatable bonds is 7. The molecular weight excluding hydrogens is 547 g/mol. The van der Waals surface area contributed by atoms with Crippen molar-refractivity contribution in [1.29, 1.82) is 0 Å². The van der Waals surface area contributed by atoms with Crippen LogP contribution in [0.1, 0.15) is 23.5 Å². The fraction of sp³-hybridized carbons (Fsp3) is 0.0968. The van der Waals surface area contributed by atoms with E-state index in [4.69, 9.17) is 33.3 Å². The third kappa shape index (κ3) is 4.99. The molecule has 9 heteroatoms. The number of methoxy groups -OCH3 is 1. The summed E-state index contributed by atoms with van der Waals surface area (Å²) in [4.78, 5) is 6.70. The Morgan fingerprint density at radius 2 is 1.57 bits per heavy atom. The standard InChI is InChI=1S/C31H24ClFN4O2S/c1-38-22-12-14-24(15-13-22)39-23-10-7-20(8-11-23)37-30(29(35-31(37)40)27-5-2-3-17-34-27)28-6-4-18-36(28)21-9-16-26(33)25(32)19-21/h2-19,29-30H,1H3,(H,35,40)/t29-,30-/m0/s1. The largest absolute Gasteiger partial charge is 0.497 e. The predicted octanol–water partition coefficient (Wildman–Crippen LogP) is 7.64. The van der Waals surface area contributed by atoms with Crippen LogP contribution in [-0.4, -0.2) is 21.8 Å². The molecule has 40 heavy (non-hydrogen) atoms. The van der Waals surface area contributed by atoms with E-state index >= 15 is 0 Å². The van der Waals surface area contributed by atoms with Crippen molar-refractivity contribution in [3.8, 4) is 22.9 Å². The summed E-state index contributed by atoms with van der Waals surface area (Å²) in [5.74, 6) is 1.69. The van der Waals surface area contributed by atoms with E-state index < -0.39 is 5.82 Å². The molecule has 5 aromatic rings. The second kappa shape index (κ2) is 11.0. The number of halogens is 2. The van der Waals surface area contributed by atoms with E-state index in [1.165, 1.54) is 6.07 Å². The summed E-state index contributed by atoms with van der Waals surface area (Å²) < 4.78 is 27.2. The Hall–Kier alpha value is -4.40. The van der Waals surface area contributed by atoms with Crippen molar-refractivity contribution >= 4 is 34.6 Å². The molecular formula is C31H24ClFN4O2S. The summed E-state index contributed by atoms with van der Waals surface area (Å²) in [7, 11) is 1.63. The van der Waals surface area contributed by atoms with Crippen molar-refractivity contribution in [2.24, 2.45) is 0 Å². The van der Waals surface area contributed by atoms with Gasteiger partial charge < -0.3 is 24.3 Å². The molecule has 200 valence electrons. The van der Waals surface area contributed by atoms with Crippen LogP contribution in [0.5, 0.6) is 17.2 Å². The van der Waals surface area contributed by atoms with Gasteiger partial charge in [0.15, 0.2) is 5.11 Å². The SMILES string of the molecule is COc1ccc(Oc2ccc(N3C(=S)N[C@@H](c4ccccn4)[C@@H]3c3cccn3-c3ccc(F)c(Cl)c3)cc2)cc1. The van der Waals surface area contributed by atoms with Gasteiger partial charge in [0.2, 0.25) is 0 Å². The zero-order chi connectivity index (χ0) is 27.6. The zero-order valence-electron chi connectivity index (χ0n) is 21.4. The Labute approximate surface area is 241 Å². The van der Waals surface area contributed by atoms with Crippen molar-refractivity contribution in [3.05, 3.63) is 132 Å². The summed E-state index contributed by atoms with van der Waals surface area (Å²) in [6.07, 6.45) is 3.70. The average Bonchev–Trinajstić information content (AvgIpc) is 3.60. The lowest BCUT2D eigenvalue weighted by atomic mass is 10.0. The average molecular weight is 571 g/mol. The summed E-state index contributed by atoms with van der Waals surface area (Å²) in [6, 6.07) is 29.2. The van der Waals surface area contributed by atoms with Crippen LogP contribution in [0.2, 0.25) is 5.02 Å². The lowest BCUT2D eigenvalue weighted by molar-refractivity contribution is 0.413. The molecule has 0 saturated carbocycles. The third-order valence-corrected chi connectivity index (χ3v) is 7.38. The quantitative estimate of drug-likeness (QED) is 0.203. The van der Waals surface area contributed by atoms with Gasteiger partial charge in [-0.3, -0.25) is 4.98 Å². The molecule has 3 aromatic carbocycles. The maximum absolute atomic E-state index is 14.0. The first-order valence-corrected chi connectivity index (χ1v) is 13.4. The number of ether oxygens (including phenoxy) is 2. The number of hydrogen-bond acceptors (Lipinski definition) is 4. The Bertz CT molecular complexity index is 1640. The Kier molecular flexibility index (Phi) is 7.11. The monoisotopic (exact) mass is 570 g/mol. The van der Waals surface area contributed by atoms with Gasteiger partial charge in [0.05, 0.1) is 23.9 Å². The Balaban J connectivity index is 1.37. The molecule has 6 nitrogen and oxygen atoms in total. The fourth-order valence-electron chi connectivity index (χ4n) is 4.89. The van der Waals surface area contributed by atoms with Crippen molar-refractivity contribution in [2.45, 2.75) is 12.1 Å². The van der Waals surface area contributed by atoms with E-state index in [9.17, 15) is 4.39 Å². The van der Waals surface area contributed by atoms with E-state index in [1.807, 2.05) is 89.6 Å². The third-order valence-electron chi connectivity index (χ3n) is 6.77. The number of nitrogens with one attached hydrogen (secondary N) is 1. The minimum absolute atomic E-state index is 0.0581. The number of pyridine rings is 1. The molecule has 0 unspecified atom stereocenters. The van der Waals surface area contributed by atoms with Gasteiger partial charge in [-0.25, -0.2) is 4.39 Å². The maximum atomic E-state index is 14.0. The molecule has 1 aliphatic rings. The number of nitrogens with zero attached hydrogens (tertiary/aromatic N) is 3. The smallest absolute Gasteiger partial charge is 0.174 e. The lowest BCUT2D eigenvalue weighted by Crippen LogP contribution is -2.30. The minimum atomic E-state index is -0.465. The van der Waals surface area contributed by atoms with Crippen LogP contribution in [-0.2, 0) is 0 Å². The van der Waals surface area contributed by atoms with Crippen LogP contribution < -0.4 is 19.7 Å². The molecule has 2 aromatic heterocycles. The zero-order valence-corrected chi connectivity index (χ0v) is 22.9. The van der Waals surface area contributed by atoms with Crippen molar-refractivity contribution in [1.82, 2.24) is 14.9 Å². The van der Waals surface area contributed by atoms with Gasteiger partial charge in [-0.05, 0) is 103 Å². The number of benzene rings is 3. The van der Waals surface area contributed by atoms with E-state index in [0.29, 0.717) is 16.6 Å². The molecule has 0 radical (unpaired) electrons. The first-order chi connectivity index (χ1) is 19.5. The van der Waals surface area contributed by atoms with Gasteiger partial charge in [-0.2, -0.15) is 0 Å². The molecule has 0 bridgehead atoms. The molecule has 0 aliphatic carbocycles. The van der Waals surface area contributed by atoms with Crippen LogP contribution in [0, 0.1) is 5.82 Å². The Morgan fingerprint density at radius 1 is 0.875 bits per heavy atom. The topological polar surface area (TPSA) is 51.6 Å². The number of hydrogen-bond donors (Lipinski definition) is 1. The van der Waals surface area contributed by atoms with E-state index in [2.05, 4.69) is 15.2 Å². The molecule has 1 saturated heterocycles. The van der Waals surface area contributed by atoms with Gasteiger partial charge in [0.25, 0.3) is 0 Å². The maximum Gasteiger partial charge on any atom is 0.174 e. The van der Waals surface area contributed by atoms with Crippen molar-refractivity contribution in [2.75, 3.05) is 12.0 Å². The van der Waals surface area contributed by atoms with Gasteiger partial charge >= 0.3 is 0 Å². The highest BCUT2D eigenvalue weighted by molar-refractivity contribution is 7.80. The second-order valence-corrected chi connectivity index (χ2v) is 9.96. The number of thiocarbonyl (C=S) groups is 1. The minimum Gasteiger partial charge on any atom is -0.497 e. The van der Waals surface area contributed by atoms with E-state index in [0.717, 1.165) is 28.5 Å². The fourth-order valence-corrected chi connectivity index (χ4v) is 5.41. The predicted molar refractivity (Wildman–Crippen MR) is 158 cm³/mol. The summed E-state index contributed by atoms with van der Waals surface area (Å²) in [6.45, 7) is 0. The summed E-state index contributed by atoms with van der Waals surface area (Å²) >= 11 is 12.0. The van der Waals surface area contributed by atoms with Crippen LogP contribution >= 0.6 is 23.8 Å². The molecule has 1 aliphatic heterocycles. The molecule has 0 amide bonds. The number of aromatic nitrogens is 2. The van der Waals surface area contributed by atoms with Crippen LogP contribution in [0.3, 0.4) is 0 Å². The molecule has 6 rings (SSSR count). The number of anilines is 1.